The summed E-state index contributed by atoms with van der Waals surface area (Å²) in [6.07, 6.45) is -2.20. The second-order valence-electron chi connectivity index (χ2n) is 5.47. The molecule has 11 heteroatoms. The third-order valence-corrected chi connectivity index (χ3v) is 5.06. The van der Waals surface area contributed by atoms with Gasteiger partial charge in [-0.2, -0.15) is 0 Å². The van der Waals surface area contributed by atoms with Gasteiger partial charge in [0, 0.05) is 0 Å². The van der Waals surface area contributed by atoms with Crippen LogP contribution < -0.4 is 5.73 Å². The van der Waals surface area contributed by atoms with E-state index in [1.54, 1.807) is 0 Å². The number of primary amides is 1. The highest BCUT2D eigenvalue weighted by molar-refractivity contribution is 7.91. The molecular weight excluding hydrogens is 332 g/mol. The molecule has 0 spiro atoms. The first-order valence-corrected chi connectivity index (χ1v) is 8.46. The highest BCUT2D eigenvalue weighted by Gasteiger charge is 2.56. The molecule has 2 heterocycles. The molecule has 128 valence electrons. The van der Waals surface area contributed by atoms with E-state index < -0.39 is 57.6 Å². The van der Waals surface area contributed by atoms with Gasteiger partial charge in [0.15, 0.2) is 15.8 Å². The molecule has 0 aromatic rings. The second-order valence-corrected chi connectivity index (χ2v) is 7.48. The Kier molecular flexibility index (Phi) is 4.35. The summed E-state index contributed by atoms with van der Waals surface area (Å²) in [7, 11) is -3.95. The van der Waals surface area contributed by atoms with Crippen LogP contribution in [-0.4, -0.2) is 65.3 Å². The molecule has 3 atom stereocenters. The minimum atomic E-state index is -3.95. The minimum Gasteiger partial charge on any atom is -0.477 e. The van der Waals surface area contributed by atoms with Crippen LogP contribution in [0.25, 0.3) is 0 Å². The van der Waals surface area contributed by atoms with Crippen LogP contribution in [0.5, 0.6) is 0 Å². The molecular formula is C12H16N2O8S. The number of aliphatic hydroxyl groups is 1. The molecule has 0 aromatic carbocycles. The zero-order chi connectivity index (χ0) is 17.5. The molecule has 0 aromatic heterocycles. The number of carboxylic acid groups (broad SMARTS) is 1. The predicted molar refractivity (Wildman–Crippen MR) is 74.4 cm³/mol. The van der Waals surface area contributed by atoms with Crippen molar-refractivity contribution >= 4 is 27.8 Å². The zero-order valence-electron chi connectivity index (χ0n) is 12.1. The van der Waals surface area contributed by atoms with Crippen molar-refractivity contribution in [2.24, 2.45) is 11.7 Å². The fourth-order valence-electron chi connectivity index (χ4n) is 2.95. The van der Waals surface area contributed by atoms with Crippen LogP contribution in [0.15, 0.2) is 11.3 Å². The van der Waals surface area contributed by atoms with Gasteiger partial charge in [-0.3, -0.25) is 4.79 Å². The van der Waals surface area contributed by atoms with Crippen LogP contribution in [0.4, 0.5) is 4.79 Å². The van der Waals surface area contributed by atoms with Crippen molar-refractivity contribution in [1.82, 2.24) is 4.90 Å². The molecule has 0 aliphatic carbocycles. The van der Waals surface area contributed by atoms with E-state index in [-0.39, 0.29) is 17.7 Å². The number of carbonyl (C=O) groups excluding carboxylic acids is 2. The first-order chi connectivity index (χ1) is 10.5. The normalized spacial score (nSPS) is 25.0. The maximum absolute atomic E-state index is 12.0. The van der Waals surface area contributed by atoms with Crippen molar-refractivity contribution in [3.8, 4) is 0 Å². The number of aliphatic carboxylic acids is 1. The summed E-state index contributed by atoms with van der Waals surface area (Å²) in [4.78, 5) is 34.8. The number of hydrogen-bond donors (Lipinski definition) is 3. The van der Waals surface area contributed by atoms with Gasteiger partial charge in [0.1, 0.15) is 5.70 Å². The van der Waals surface area contributed by atoms with E-state index >= 15 is 0 Å². The van der Waals surface area contributed by atoms with Crippen molar-refractivity contribution in [1.29, 1.82) is 0 Å². The van der Waals surface area contributed by atoms with E-state index in [2.05, 4.69) is 4.74 Å². The lowest BCUT2D eigenvalue weighted by Crippen LogP contribution is -2.61. The van der Waals surface area contributed by atoms with E-state index in [9.17, 15) is 33.0 Å². The smallest absolute Gasteiger partial charge is 0.405 e. The average Bonchev–Trinajstić information content (AvgIpc) is 2.70. The third kappa shape index (κ3) is 3.15. The molecule has 0 radical (unpaired) electrons. The Bertz CT molecular complexity index is 696. The first kappa shape index (κ1) is 17.2. The maximum atomic E-state index is 12.0. The molecule has 2 rings (SSSR count). The van der Waals surface area contributed by atoms with Crippen molar-refractivity contribution in [2.75, 3.05) is 11.7 Å². The molecule has 1 fully saturated rings. The van der Waals surface area contributed by atoms with E-state index in [0.29, 0.717) is 0 Å². The number of carbonyl (C=O) groups is 3. The fraction of sp³-hybridized carbons (Fsp3) is 0.583. The molecule has 2 amide bonds. The fourth-order valence-corrected chi connectivity index (χ4v) is 4.11. The Morgan fingerprint density at radius 2 is 2.09 bits per heavy atom. The number of nitrogens with zero attached hydrogens (tertiary/aromatic N) is 1. The minimum absolute atomic E-state index is 0.0265. The van der Waals surface area contributed by atoms with Crippen LogP contribution in [0.3, 0.4) is 0 Å². The SMILES string of the molecule is CC(O)C1C(=O)N2C(C(=O)O)=C(CS(=O)(=O)COC(N)=O)CC12. The van der Waals surface area contributed by atoms with Gasteiger partial charge < -0.3 is 25.6 Å². The van der Waals surface area contributed by atoms with E-state index in [0.717, 1.165) is 4.90 Å². The van der Waals surface area contributed by atoms with Crippen LogP contribution in [-0.2, 0) is 24.2 Å². The molecule has 2 aliphatic rings. The number of rotatable bonds is 6. The summed E-state index contributed by atoms with van der Waals surface area (Å²) in [6, 6.07) is -0.573. The molecule has 2 aliphatic heterocycles. The average molecular weight is 348 g/mol. The maximum Gasteiger partial charge on any atom is 0.405 e. The number of amides is 2. The molecule has 4 N–H and O–H groups in total. The van der Waals surface area contributed by atoms with Crippen molar-refractivity contribution < 1.29 is 37.8 Å². The summed E-state index contributed by atoms with van der Waals surface area (Å²) >= 11 is 0. The van der Waals surface area contributed by atoms with Gasteiger partial charge in [-0.1, -0.05) is 0 Å². The lowest BCUT2D eigenvalue weighted by atomic mass is 9.83. The quantitative estimate of drug-likeness (QED) is 0.483. The second kappa shape index (κ2) is 5.81. The number of β-lactam (4-membered cyclic amide) rings is 1. The lowest BCUT2D eigenvalue weighted by molar-refractivity contribution is -0.161. The number of aliphatic hydroxyl groups excluding tert-OH is 1. The summed E-state index contributed by atoms with van der Waals surface area (Å²) in [6.45, 7) is 1.41. The largest absolute Gasteiger partial charge is 0.477 e. The summed E-state index contributed by atoms with van der Waals surface area (Å²) < 4.78 is 28.0. The number of sulfone groups is 1. The van der Waals surface area contributed by atoms with Gasteiger partial charge in [0.05, 0.1) is 23.8 Å². The molecule has 3 unspecified atom stereocenters. The number of fused-ring (bicyclic) bond motifs is 1. The summed E-state index contributed by atoms with van der Waals surface area (Å²) in [5.41, 5.74) is 4.34. The number of nitrogens with two attached hydrogens (primary N) is 1. The van der Waals surface area contributed by atoms with Crippen molar-refractivity contribution in [2.45, 2.75) is 25.5 Å². The van der Waals surface area contributed by atoms with Crippen molar-refractivity contribution in [3.63, 3.8) is 0 Å². The van der Waals surface area contributed by atoms with Gasteiger partial charge in [0.2, 0.25) is 5.91 Å². The van der Waals surface area contributed by atoms with E-state index in [4.69, 9.17) is 5.73 Å². The number of ether oxygens (including phenoxy) is 1. The van der Waals surface area contributed by atoms with Gasteiger partial charge in [0.25, 0.3) is 0 Å². The zero-order valence-corrected chi connectivity index (χ0v) is 12.9. The molecule has 23 heavy (non-hydrogen) atoms. The van der Waals surface area contributed by atoms with E-state index in [1.807, 2.05) is 0 Å². The Hall–Kier alpha value is -2.14. The van der Waals surface area contributed by atoms with Crippen LogP contribution in [0.2, 0.25) is 0 Å². The van der Waals surface area contributed by atoms with Crippen LogP contribution >= 0.6 is 0 Å². The molecule has 10 nitrogen and oxygen atoms in total. The third-order valence-electron chi connectivity index (χ3n) is 3.80. The highest BCUT2D eigenvalue weighted by Crippen LogP contribution is 2.43. The highest BCUT2D eigenvalue weighted by atomic mass is 32.2. The topological polar surface area (TPSA) is 164 Å². The molecule has 0 bridgehead atoms. The Morgan fingerprint density at radius 3 is 2.57 bits per heavy atom. The van der Waals surface area contributed by atoms with Gasteiger partial charge in [-0.05, 0) is 18.9 Å². The Labute approximate surface area is 131 Å². The summed E-state index contributed by atoms with van der Waals surface area (Å²) in [5, 5.41) is 18.8. The number of carboxylic acids is 1. The van der Waals surface area contributed by atoms with Gasteiger partial charge >= 0.3 is 12.1 Å². The van der Waals surface area contributed by atoms with E-state index in [1.165, 1.54) is 6.92 Å². The Balaban J connectivity index is 2.23. The van der Waals surface area contributed by atoms with Crippen molar-refractivity contribution in [3.05, 3.63) is 11.3 Å². The molecule has 0 saturated carbocycles. The lowest BCUT2D eigenvalue weighted by Gasteiger charge is -2.44. The molecule has 1 saturated heterocycles. The van der Waals surface area contributed by atoms with Gasteiger partial charge in [-0.25, -0.2) is 18.0 Å². The predicted octanol–water partition coefficient (Wildman–Crippen LogP) is -1.60. The summed E-state index contributed by atoms with van der Waals surface area (Å²) in [5.74, 6) is -4.38. The van der Waals surface area contributed by atoms with Gasteiger partial charge in [-0.15, -0.1) is 0 Å². The van der Waals surface area contributed by atoms with Crippen LogP contribution in [0.1, 0.15) is 13.3 Å². The Morgan fingerprint density at radius 1 is 1.48 bits per heavy atom. The number of hydrogen-bond acceptors (Lipinski definition) is 7. The first-order valence-electron chi connectivity index (χ1n) is 6.64. The standard InChI is InChI=1S/C12H16N2O8S/c1-5(15)8-7-2-6(3-23(20,21)4-22-12(13)19)9(11(17)18)14(7)10(8)16/h5,7-8,15H,2-4H2,1H3,(H2,13,19)(H,17,18). The monoisotopic (exact) mass is 348 g/mol. The van der Waals surface area contributed by atoms with Crippen LogP contribution in [0, 0.1) is 5.92 Å².